The van der Waals surface area contributed by atoms with Crippen molar-refractivity contribution < 1.29 is 8.42 Å². The van der Waals surface area contributed by atoms with E-state index in [2.05, 4.69) is 37.1 Å². The summed E-state index contributed by atoms with van der Waals surface area (Å²) < 4.78 is 26.9. The van der Waals surface area contributed by atoms with E-state index in [1.807, 2.05) is 13.0 Å². The summed E-state index contributed by atoms with van der Waals surface area (Å²) >= 11 is 0. The van der Waals surface area contributed by atoms with Crippen LogP contribution in [0.1, 0.15) is 13.3 Å². The Hall–Kier alpha value is -3.16. The summed E-state index contributed by atoms with van der Waals surface area (Å²) in [6.45, 7) is 6.35. The molecule has 0 spiro atoms. The molecule has 5 heterocycles. The van der Waals surface area contributed by atoms with Crippen LogP contribution in [0.25, 0.3) is 22.4 Å². The summed E-state index contributed by atoms with van der Waals surface area (Å²) in [7, 11) is -1.42. The van der Waals surface area contributed by atoms with Crippen LogP contribution in [-0.2, 0) is 10.0 Å². The molecule has 5 rings (SSSR count). The topological polar surface area (TPSA) is 147 Å². The van der Waals surface area contributed by atoms with Gasteiger partial charge in [-0.1, -0.05) is 6.92 Å². The maximum Gasteiger partial charge on any atom is 0.227 e. The van der Waals surface area contributed by atoms with Gasteiger partial charge in [-0.25, -0.2) is 23.4 Å². The molecule has 0 saturated carbocycles. The number of hydrogen-bond acceptors (Lipinski definition) is 10. The third-order valence-electron chi connectivity index (χ3n) is 6.75. The van der Waals surface area contributed by atoms with Crippen LogP contribution < -0.4 is 10.2 Å². The quantitative estimate of drug-likeness (QED) is 0.398. The van der Waals surface area contributed by atoms with Crippen LogP contribution in [0, 0.1) is 11.3 Å². The largest absolute Gasteiger partial charge is 0.365 e. The zero-order valence-electron chi connectivity index (χ0n) is 20.6. The maximum absolute atomic E-state index is 12.7. The minimum absolute atomic E-state index is 0.146. The summed E-state index contributed by atoms with van der Waals surface area (Å²) in [5.41, 5.74) is 2.82. The number of hydrogen-bond donors (Lipinski definition) is 3. The first-order chi connectivity index (χ1) is 17.3. The lowest BCUT2D eigenvalue weighted by atomic mass is 9.97. The fourth-order valence-corrected chi connectivity index (χ4v) is 6.14. The Kier molecular flexibility index (Phi) is 6.86. The van der Waals surface area contributed by atoms with Crippen molar-refractivity contribution in [1.82, 2.24) is 34.1 Å². The summed E-state index contributed by atoms with van der Waals surface area (Å²) in [5.74, 6) is 1.13. The fourth-order valence-electron chi connectivity index (χ4n) is 4.83. The van der Waals surface area contributed by atoms with Crippen molar-refractivity contribution in [2.24, 2.45) is 5.92 Å². The van der Waals surface area contributed by atoms with E-state index in [9.17, 15) is 8.42 Å². The molecule has 3 aromatic rings. The normalized spacial score (nSPS) is 22.1. The Labute approximate surface area is 210 Å². The minimum Gasteiger partial charge on any atom is -0.365 e. The minimum atomic E-state index is -3.52. The average molecular weight is 513 g/mol. The van der Waals surface area contributed by atoms with E-state index in [1.165, 1.54) is 4.31 Å². The number of fused-ring (bicyclic) bond motifs is 1. The number of nitrogens with zero attached hydrogens (tertiary/aromatic N) is 7. The predicted octanol–water partition coefficient (Wildman–Crippen LogP) is 1.27. The molecule has 3 aromatic heterocycles. The molecule has 36 heavy (non-hydrogen) atoms. The lowest BCUT2D eigenvalue weighted by Gasteiger charge is -2.36. The van der Waals surface area contributed by atoms with Crippen molar-refractivity contribution in [1.29, 1.82) is 5.41 Å². The lowest BCUT2D eigenvalue weighted by Crippen LogP contribution is -2.49. The molecule has 0 aromatic carbocycles. The summed E-state index contributed by atoms with van der Waals surface area (Å²) in [4.78, 5) is 26.3. The van der Waals surface area contributed by atoms with Gasteiger partial charge in [0, 0.05) is 63.9 Å². The van der Waals surface area contributed by atoms with Gasteiger partial charge in [0.2, 0.25) is 16.0 Å². The number of nitrogens with one attached hydrogen (secondary N) is 3. The second-order valence-electron chi connectivity index (χ2n) is 9.67. The Morgan fingerprint density at radius 3 is 2.75 bits per heavy atom. The Balaban J connectivity index is 1.48. The van der Waals surface area contributed by atoms with Crippen molar-refractivity contribution in [3.63, 3.8) is 0 Å². The fraction of sp³-hybridized carbons (Fsp3) is 0.522. The maximum atomic E-state index is 12.7. The van der Waals surface area contributed by atoms with Gasteiger partial charge in [-0.3, -0.25) is 0 Å². The number of rotatable bonds is 7. The second-order valence-corrected chi connectivity index (χ2v) is 11.7. The molecule has 2 atom stereocenters. The SMILES string of the molecule is C[C@H]1C[C@H](Nc2nc(N3CCN(C)CC3)ncc2-c2cnc3[nH]ccc3n2)CN(S(=O)(=O)CC=N)C1. The second kappa shape index (κ2) is 10.1. The molecule has 192 valence electrons. The molecule has 3 N–H and O–H groups in total. The summed E-state index contributed by atoms with van der Waals surface area (Å²) in [6.07, 6.45) is 7.02. The number of piperidine rings is 1. The van der Waals surface area contributed by atoms with E-state index in [4.69, 9.17) is 15.4 Å². The smallest absolute Gasteiger partial charge is 0.227 e. The third kappa shape index (κ3) is 5.18. The van der Waals surface area contributed by atoms with Crippen molar-refractivity contribution in [2.75, 3.05) is 62.3 Å². The third-order valence-corrected chi connectivity index (χ3v) is 8.43. The number of H-pyrrole nitrogens is 1. The van der Waals surface area contributed by atoms with Crippen molar-refractivity contribution in [3.8, 4) is 11.3 Å². The van der Waals surface area contributed by atoms with Crippen LogP contribution in [0.5, 0.6) is 0 Å². The van der Waals surface area contributed by atoms with E-state index >= 15 is 0 Å². The van der Waals surface area contributed by atoms with Gasteiger partial charge in [-0.15, -0.1) is 0 Å². The summed E-state index contributed by atoms with van der Waals surface area (Å²) in [5, 5.41) is 10.8. The number of aromatic amines is 1. The molecular weight excluding hydrogens is 480 g/mol. The highest BCUT2D eigenvalue weighted by atomic mass is 32.2. The first-order valence-electron chi connectivity index (χ1n) is 12.2. The van der Waals surface area contributed by atoms with Gasteiger partial charge in [0.25, 0.3) is 0 Å². The van der Waals surface area contributed by atoms with Crippen molar-refractivity contribution in [3.05, 3.63) is 24.7 Å². The molecule has 2 fully saturated rings. The van der Waals surface area contributed by atoms with Crippen molar-refractivity contribution in [2.45, 2.75) is 19.4 Å². The van der Waals surface area contributed by atoms with Crippen LogP contribution in [0.4, 0.5) is 11.8 Å². The Morgan fingerprint density at radius 1 is 1.17 bits per heavy atom. The van der Waals surface area contributed by atoms with Crippen LogP contribution >= 0.6 is 0 Å². The highest BCUT2D eigenvalue weighted by molar-refractivity contribution is 7.89. The van der Waals surface area contributed by atoms with Crippen LogP contribution in [0.2, 0.25) is 0 Å². The van der Waals surface area contributed by atoms with E-state index in [0.717, 1.165) is 49.9 Å². The van der Waals surface area contributed by atoms with Crippen LogP contribution in [-0.4, -0.2) is 107 Å². The molecule has 0 bridgehead atoms. The standard InChI is InChI=1S/C23H32N10O2S/c1-16-11-17(15-33(14-16)36(34,35)10-4-24)28-21-18(20-13-26-22-19(29-20)3-5-25-22)12-27-23(30-21)32-8-6-31(2)7-9-32/h3-5,12-13,16-17,24H,6-11,14-15H2,1-2H3,(H,25,26)(H,27,28,30)/t16-,17-/m0/s1. The molecule has 13 heteroatoms. The van der Waals surface area contributed by atoms with Gasteiger partial charge in [0.05, 0.1) is 23.2 Å². The van der Waals surface area contributed by atoms with E-state index < -0.39 is 10.0 Å². The molecule has 12 nitrogen and oxygen atoms in total. The molecule has 0 amide bonds. The van der Waals surface area contributed by atoms with Gasteiger partial charge in [-0.2, -0.15) is 9.29 Å². The molecule has 0 unspecified atom stereocenters. The van der Waals surface area contributed by atoms with Gasteiger partial charge in [0.15, 0.2) is 5.65 Å². The first-order valence-corrected chi connectivity index (χ1v) is 13.8. The monoisotopic (exact) mass is 512 g/mol. The first kappa shape index (κ1) is 24.5. The van der Waals surface area contributed by atoms with E-state index in [0.29, 0.717) is 36.2 Å². The molecule has 2 aliphatic heterocycles. The zero-order valence-corrected chi connectivity index (χ0v) is 21.4. The highest BCUT2D eigenvalue weighted by Crippen LogP contribution is 2.30. The van der Waals surface area contributed by atoms with Crippen LogP contribution in [0.15, 0.2) is 24.7 Å². The molecule has 2 aliphatic rings. The Morgan fingerprint density at radius 2 is 1.97 bits per heavy atom. The number of piperazine rings is 1. The number of anilines is 2. The molecule has 2 saturated heterocycles. The van der Waals surface area contributed by atoms with Gasteiger partial charge < -0.3 is 25.5 Å². The van der Waals surface area contributed by atoms with E-state index in [-0.39, 0.29) is 17.7 Å². The van der Waals surface area contributed by atoms with Gasteiger partial charge in [0.1, 0.15) is 11.3 Å². The average Bonchev–Trinajstić information content (AvgIpc) is 3.32. The highest BCUT2D eigenvalue weighted by Gasteiger charge is 2.32. The van der Waals surface area contributed by atoms with E-state index in [1.54, 1.807) is 18.6 Å². The number of likely N-dealkylation sites (N-methyl/N-ethyl adjacent to an activating group) is 1. The van der Waals surface area contributed by atoms with Gasteiger partial charge >= 0.3 is 0 Å². The molecule has 0 aliphatic carbocycles. The lowest BCUT2D eigenvalue weighted by molar-refractivity contribution is 0.264. The number of aromatic nitrogens is 5. The predicted molar refractivity (Wildman–Crippen MR) is 140 cm³/mol. The molecular formula is C23H32N10O2S. The van der Waals surface area contributed by atoms with Crippen LogP contribution in [0.3, 0.4) is 0 Å². The van der Waals surface area contributed by atoms with Gasteiger partial charge in [-0.05, 0) is 25.5 Å². The molecule has 0 radical (unpaired) electrons. The Bertz CT molecular complexity index is 1340. The number of sulfonamides is 1. The van der Waals surface area contributed by atoms with Crippen molar-refractivity contribution >= 4 is 39.2 Å². The zero-order chi connectivity index (χ0) is 25.3. The summed E-state index contributed by atoms with van der Waals surface area (Å²) in [6, 6.07) is 1.72.